The van der Waals surface area contributed by atoms with E-state index in [-0.39, 0.29) is 31.0 Å². The first-order valence-electron chi connectivity index (χ1n) is 5.92. The van der Waals surface area contributed by atoms with Gasteiger partial charge in [0.2, 0.25) is 5.91 Å². The topological polar surface area (TPSA) is 67.4 Å². The van der Waals surface area contributed by atoms with E-state index < -0.39 is 0 Å². The number of hydrogen-bond acceptors (Lipinski definition) is 3. The van der Waals surface area contributed by atoms with E-state index in [0.717, 1.165) is 4.47 Å². The van der Waals surface area contributed by atoms with Crippen LogP contribution < -0.4 is 15.4 Å². The van der Waals surface area contributed by atoms with Crippen LogP contribution >= 0.6 is 15.9 Å². The molecule has 5 nitrogen and oxygen atoms in total. The molecule has 0 aliphatic rings. The van der Waals surface area contributed by atoms with Gasteiger partial charge in [0.25, 0.3) is 5.91 Å². The van der Waals surface area contributed by atoms with Gasteiger partial charge in [-0.3, -0.25) is 9.59 Å². The maximum atomic E-state index is 11.5. The molecule has 0 unspecified atom stereocenters. The quantitative estimate of drug-likeness (QED) is 0.831. The van der Waals surface area contributed by atoms with Crippen molar-refractivity contribution in [2.75, 3.05) is 13.2 Å². The minimum Gasteiger partial charge on any atom is -0.484 e. The fourth-order valence-corrected chi connectivity index (χ4v) is 1.69. The molecule has 1 rings (SSSR count). The number of carbonyl (C=O) groups excluding carboxylic acids is 2. The SMILES string of the molecule is CC(C)NC(=O)CNC(=O)COc1cccc(Br)c1. The van der Waals surface area contributed by atoms with Crippen LogP contribution in [-0.4, -0.2) is 31.0 Å². The molecule has 19 heavy (non-hydrogen) atoms. The maximum absolute atomic E-state index is 11.5. The molecule has 0 fully saturated rings. The van der Waals surface area contributed by atoms with E-state index in [1.165, 1.54) is 0 Å². The van der Waals surface area contributed by atoms with Crippen molar-refractivity contribution in [2.45, 2.75) is 19.9 Å². The molecule has 0 aliphatic carbocycles. The number of amides is 2. The normalized spacial score (nSPS) is 10.1. The second-order valence-corrected chi connectivity index (χ2v) is 5.16. The molecule has 2 amide bonds. The summed E-state index contributed by atoms with van der Waals surface area (Å²) in [5.74, 6) is 0.0424. The highest BCUT2D eigenvalue weighted by atomic mass is 79.9. The number of halogens is 1. The zero-order valence-corrected chi connectivity index (χ0v) is 12.5. The van der Waals surface area contributed by atoms with Gasteiger partial charge < -0.3 is 15.4 Å². The van der Waals surface area contributed by atoms with Crippen LogP contribution in [-0.2, 0) is 9.59 Å². The molecule has 0 spiro atoms. The Kier molecular flexibility index (Phi) is 6.35. The predicted octanol–water partition coefficient (Wildman–Crippen LogP) is 1.47. The average Bonchev–Trinajstić information content (AvgIpc) is 2.33. The van der Waals surface area contributed by atoms with Gasteiger partial charge in [0, 0.05) is 10.5 Å². The summed E-state index contributed by atoms with van der Waals surface area (Å²) in [6, 6.07) is 7.25. The second kappa shape index (κ2) is 7.78. The van der Waals surface area contributed by atoms with E-state index in [2.05, 4.69) is 26.6 Å². The molecular formula is C13H17BrN2O3. The van der Waals surface area contributed by atoms with Gasteiger partial charge in [-0.15, -0.1) is 0 Å². The van der Waals surface area contributed by atoms with Crippen molar-refractivity contribution < 1.29 is 14.3 Å². The second-order valence-electron chi connectivity index (χ2n) is 4.24. The van der Waals surface area contributed by atoms with Gasteiger partial charge in [-0.1, -0.05) is 22.0 Å². The predicted molar refractivity (Wildman–Crippen MR) is 75.9 cm³/mol. The van der Waals surface area contributed by atoms with Crippen molar-refractivity contribution in [2.24, 2.45) is 0 Å². The van der Waals surface area contributed by atoms with Gasteiger partial charge in [0.1, 0.15) is 5.75 Å². The first-order valence-corrected chi connectivity index (χ1v) is 6.71. The lowest BCUT2D eigenvalue weighted by Gasteiger charge is -2.10. The largest absolute Gasteiger partial charge is 0.484 e. The van der Waals surface area contributed by atoms with E-state index in [1.807, 2.05) is 26.0 Å². The Bertz CT molecular complexity index is 449. The highest BCUT2D eigenvalue weighted by Gasteiger charge is 2.07. The van der Waals surface area contributed by atoms with Crippen molar-refractivity contribution in [3.8, 4) is 5.75 Å². The number of rotatable bonds is 6. The molecular weight excluding hydrogens is 312 g/mol. The molecule has 6 heteroatoms. The summed E-state index contributed by atoms with van der Waals surface area (Å²) in [6.45, 7) is 3.55. The van der Waals surface area contributed by atoms with Crippen LogP contribution in [0.5, 0.6) is 5.75 Å². The molecule has 0 aliphatic heterocycles. The van der Waals surface area contributed by atoms with E-state index in [1.54, 1.807) is 12.1 Å². The Hall–Kier alpha value is -1.56. The van der Waals surface area contributed by atoms with E-state index in [0.29, 0.717) is 5.75 Å². The summed E-state index contributed by atoms with van der Waals surface area (Å²) >= 11 is 3.31. The highest BCUT2D eigenvalue weighted by molar-refractivity contribution is 9.10. The maximum Gasteiger partial charge on any atom is 0.258 e. The van der Waals surface area contributed by atoms with Crippen molar-refractivity contribution in [1.82, 2.24) is 10.6 Å². The molecule has 0 atom stereocenters. The summed E-state index contributed by atoms with van der Waals surface area (Å²) in [6.07, 6.45) is 0. The summed E-state index contributed by atoms with van der Waals surface area (Å²) in [5, 5.41) is 5.16. The average molecular weight is 329 g/mol. The standard InChI is InChI=1S/C13H17BrN2O3/c1-9(2)16-12(17)7-15-13(18)8-19-11-5-3-4-10(14)6-11/h3-6,9H,7-8H2,1-2H3,(H,15,18)(H,16,17). The van der Waals surface area contributed by atoms with Crippen LogP contribution in [0, 0.1) is 0 Å². The van der Waals surface area contributed by atoms with Crippen LogP contribution in [0.25, 0.3) is 0 Å². The van der Waals surface area contributed by atoms with Crippen molar-refractivity contribution in [1.29, 1.82) is 0 Å². The van der Waals surface area contributed by atoms with E-state index >= 15 is 0 Å². The van der Waals surface area contributed by atoms with Crippen LogP contribution in [0.4, 0.5) is 0 Å². The molecule has 0 heterocycles. The van der Waals surface area contributed by atoms with Gasteiger partial charge in [-0.25, -0.2) is 0 Å². The summed E-state index contributed by atoms with van der Waals surface area (Å²) < 4.78 is 6.16. The summed E-state index contributed by atoms with van der Waals surface area (Å²) in [4.78, 5) is 22.8. The number of ether oxygens (including phenoxy) is 1. The minimum atomic E-state index is -0.334. The Morgan fingerprint density at radius 2 is 2.05 bits per heavy atom. The Labute approximate surface area is 120 Å². The number of carbonyl (C=O) groups is 2. The lowest BCUT2D eigenvalue weighted by atomic mass is 10.3. The molecule has 2 N–H and O–H groups in total. The first kappa shape index (κ1) is 15.5. The van der Waals surface area contributed by atoms with Gasteiger partial charge >= 0.3 is 0 Å². The molecule has 0 saturated heterocycles. The Morgan fingerprint density at radius 1 is 1.32 bits per heavy atom. The lowest BCUT2D eigenvalue weighted by Crippen LogP contribution is -2.41. The molecule has 0 saturated carbocycles. The lowest BCUT2D eigenvalue weighted by molar-refractivity contribution is -0.127. The van der Waals surface area contributed by atoms with Crippen molar-refractivity contribution in [3.63, 3.8) is 0 Å². The number of benzene rings is 1. The minimum absolute atomic E-state index is 0.0428. The highest BCUT2D eigenvalue weighted by Crippen LogP contribution is 2.17. The van der Waals surface area contributed by atoms with Gasteiger partial charge in [-0.05, 0) is 32.0 Å². The number of nitrogens with one attached hydrogen (secondary N) is 2. The third kappa shape index (κ3) is 6.81. The fraction of sp³-hybridized carbons (Fsp3) is 0.385. The Balaban J connectivity index is 2.26. The fourth-order valence-electron chi connectivity index (χ4n) is 1.31. The smallest absolute Gasteiger partial charge is 0.258 e. The summed E-state index contributed by atoms with van der Waals surface area (Å²) in [5.41, 5.74) is 0. The molecule has 0 bridgehead atoms. The zero-order valence-electron chi connectivity index (χ0n) is 10.9. The molecule has 0 radical (unpaired) electrons. The first-order chi connectivity index (χ1) is 8.97. The Morgan fingerprint density at radius 3 is 2.68 bits per heavy atom. The molecule has 0 aromatic heterocycles. The van der Waals surface area contributed by atoms with Crippen LogP contribution in [0.3, 0.4) is 0 Å². The van der Waals surface area contributed by atoms with E-state index in [4.69, 9.17) is 4.74 Å². The van der Waals surface area contributed by atoms with Crippen LogP contribution in [0.2, 0.25) is 0 Å². The number of hydrogen-bond donors (Lipinski definition) is 2. The van der Waals surface area contributed by atoms with Gasteiger partial charge in [-0.2, -0.15) is 0 Å². The molecule has 1 aromatic rings. The van der Waals surface area contributed by atoms with Crippen LogP contribution in [0.1, 0.15) is 13.8 Å². The third-order valence-corrected chi connectivity index (χ3v) is 2.56. The summed E-state index contributed by atoms with van der Waals surface area (Å²) in [7, 11) is 0. The van der Waals surface area contributed by atoms with E-state index in [9.17, 15) is 9.59 Å². The van der Waals surface area contributed by atoms with Crippen LogP contribution in [0.15, 0.2) is 28.7 Å². The monoisotopic (exact) mass is 328 g/mol. The van der Waals surface area contributed by atoms with Gasteiger partial charge in [0.05, 0.1) is 6.54 Å². The van der Waals surface area contributed by atoms with Crippen molar-refractivity contribution >= 4 is 27.7 Å². The molecule has 104 valence electrons. The van der Waals surface area contributed by atoms with Crippen molar-refractivity contribution in [3.05, 3.63) is 28.7 Å². The molecule has 1 aromatic carbocycles. The zero-order chi connectivity index (χ0) is 14.3. The third-order valence-electron chi connectivity index (χ3n) is 2.06. The van der Waals surface area contributed by atoms with Gasteiger partial charge in [0.15, 0.2) is 6.61 Å².